The number of aryl methyl sites for hydroxylation is 1. The molecule has 1 aromatic carbocycles. The Hall–Kier alpha value is -0.200. The molecule has 1 rings (SSSR count). The second kappa shape index (κ2) is 8.90. The highest BCUT2D eigenvalue weighted by Gasteiger charge is 2.13. The third kappa shape index (κ3) is 6.40. The van der Waals surface area contributed by atoms with Crippen molar-refractivity contribution in [2.45, 2.75) is 25.7 Å². The summed E-state index contributed by atoms with van der Waals surface area (Å²) in [6.45, 7) is 0. The van der Waals surface area contributed by atoms with Crippen molar-refractivity contribution in [2.75, 3.05) is 17.7 Å². The molecule has 0 spiro atoms. The SMILES string of the molecule is O=[P+](CCCCBr)CCCc1ccccc1. The highest BCUT2D eigenvalue weighted by Crippen LogP contribution is 2.24. The molecule has 0 saturated carbocycles. The maximum absolute atomic E-state index is 11.6. The topological polar surface area (TPSA) is 17.1 Å². The van der Waals surface area contributed by atoms with Gasteiger partial charge in [-0.05, 0) is 31.2 Å². The van der Waals surface area contributed by atoms with E-state index in [0.29, 0.717) is 0 Å². The van der Waals surface area contributed by atoms with Crippen LogP contribution in [0.3, 0.4) is 0 Å². The van der Waals surface area contributed by atoms with Gasteiger partial charge in [0.05, 0.1) is 0 Å². The van der Waals surface area contributed by atoms with Gasteiger partial charge in [-0.15, -0.1) is 0 Å². The van der Waals surface area contributed by atoms with Crippen LogP contribution in [-0.2, 0) is 11.0 Å². The van der Waals surface area contributed by atoms with E-state index in [1.54, 1.807) is 0 Å². The molecule has 0 aromatic heterocycles. The lowest BCUT2D eigenvalue weighted by atomic mass is 10.1. The van der Waals surface area contributed by atoms with E-state index in [2.05, 4.69) is 40.2 Å². The van der Waals surface area contributed by atoms with Gasteiger partial charge in [-0.3, -0.25) is 0 Å². The third-order valence-corrected chi connectivity index (χ3v) is 4.70. The highest BCUT2D eigenvalue weighted by molar-refractivity contribution is 9.09. The fourth-order valence-corrected chi connectivity index (χ4v) is 3.31. The molecule has 0 heterocycles. The summed E-state index contributed by atoms with van der Waals surface area (Å²) < 4.78 is 11.6. The van der Waals surface area contributed by atoms with Crippen LogP contribution in [-0.4, -0.2) is 17.7 Å². The Morgan fingerprint density at radius 1 is 1.00 bits per heavy atom. The first-order valence-electron chi connectivity index (χ1n) is 5.85. The van der Waals surface area contributed by atoms with Crippen LogP contribution < -0.4 is 0 Å². The molecule has 0 fully saturated rings. The number of unbranched alkanes of at least 4 members (excludes halogenated alkanes) is 1. The maximum Gasteiger partial charge on any atom is 0.338 e. The molecule has 1 nitrogen and oxygen atoms in total. The van der Waals surface area contributed by atoms with Crippen molar-refractivity contribution in [1.29, 1.82) is 0 Å². The summed E-state index contributed by atoms with van der Waals surface area (Å²) in [7, 11) is -0.959. The zero-order valence-electron chi connectivity index (χ0n) is 9.57. The molecule has 0 aliphatic carbocycles. The second-order valence-electron chi connectivity index (χ2n) is 3.91. The molecule has 0 aliphatic rings. The predicted octanol–water partition coefficient (Wildman–Crippen LogP) is 4.62. The molecule has 0 bridgehead atoms. The van der Waals surface area contributed by atoms with Crippen LogP contribution in [0.1, 0.15) is 24.8 Å². The summed E-state index contributed by atoms with van der Waals surface area (Å²) in [6, 6.07) is 10.4. The van der Waals surface area contributed by atoms with E-state index in [1.165, 1.54) is 5.56 Å². The van der Waals surface area contributed by atoms with Gasteiger partial charge in [0.1, 0.15) is 12.3 Å². The Morgan fingerprint density at radius 2 is 1.69 bits per heavy atom. The van der Waals surface area contributed by atoms with Crippen molar-refractivity contribution < 1.29 is 4.57 Å². The van der Waals surface area contributed by atoms with Crippen LogP contribution in [0.2, 0.25) is 0 Å². The summed E-state index contributed by atoms with van der Waals surface area (Å²) in [5.74, 6) is 0. The van der Waals surface area contributed by atoms with Gasteiger partial charge < -0.3 is 0 Å². The second-order valence-corrected chi connectivity index (χ2v) is 6.57. The molecule has 0 amide bonds. The van der Waals surface area contributed by atoms with Gasteiger partial charge in [0.2, 0.25) is 0 Å². The molecular formula is C13H19BrOP+. The van der Waals surface area contributed by atoms with E-state index in [4.69, 9.17) is 0 Å². The minimum atomic E-state index is -0.959. The molecule has 1 atom stereocenters. The smallest absolute Gasteiger partial charge is 0.0928 e. The first-order valence-corrected chi connectivity index (χ1v) is 8.60. The Bertz CT molecular complexity index is 300. The molecule has 0 N–H and O–H groups in total. The van der Waals surface area contributed by atoms with E-state index in [0.717, 1.165) is 43.3 Å². The molecule has 0 radical (unpaired) electrons. The van der Waals surface area contributed by atoms with Gasteiger partial charge in [-0.25, -0.2) is 0 Å². The molecule has 1 unspecified atom stereocenters. The zero-order chi connectivity index (χ0) is 11.6. The van der Waals surface area contributed by atoms with Crippen LogP contribution in [0, 0.1) is 0 Å². The average Bonchev–Trinajstić information content (AvgIpc) is 2.31. The van der Waals surface area contributed by atoms with Gasteiger partial charge in [0.25, 0.3) is 0 Å². The summed E-state index contributed by atoms with van der Waals surface area (Å²) in [4.78, 5) is 0. The van der Waals surface area contributed by atoms with Gasteiger partial charge in [0.15, 0.2) is 0 Å². The summed E-state index contributed by atoms with van der Waals surface area (Å²) in [6.07, 6.45) is 6.11. The van der Waals surface area contributed by atoms with E-state index in [9.17, 15) is 4.57 Å². The van der Waals surface area contributed by atoms with E-state index >= 15 is 0 Å². The fourth-order valence-electron chi connectivity index (χ4n) is 1.60. The largest absolute Gasteiger partial charge is 0.338 e. The van der Waals surface area contributed by atoms with Crippen molar-refractivity contribution in [2.24, 2.45) is 0 Å². The quantitative estimate of drug-likeness (QED) is 0.389. The fraction of sp³-hybridized carbons (Fsp3) is 0.538. The number of hydrogen-bond donors (Lipinski definition) is 0. The minimum absolute atomic E-state index is 0.881. The molecule has 0 aliphatic heterocycles. The molecule has 0 saturated heterocycles. The van der Waals surface area contributed by atoms with Crippen LogP contribution in [0.15, 0.2) is 30.3 Å². The van der Waals surface area contributed by atoms with Crippen molar-refractivity contribution in [3.63, 3.8) is 0 Å². The number of alkyl halides is 1. The Kier molecular flexibility index (Phi) is 7.71. The van der Waals surface area contributed by atoms with Crippen molar-refractivity contribution in [3.8, 4) is 0 Å². The van der Waals surface area contributed by atoms with Gasteiger partial charge in [0, 0.05) is 5.33 Å². The predicted molar refractivity (Wildman–Crippen MR) is 75.1 cm³/mol. The van der Waals surface area contributed by atoms with Crippen LogP contribution in [0.5, 0.6) is 0 Å². The van der Waals surface area contributed by atoms with Gasteiger partial charge in [-0.2, -0.15) is 0 Å². The lowest BCUT2D eigenvalue weighted by Crippen LogP contribution is -1.89. The van der Waals surface area contributed by atoms with Crippen LogP contribution in [0.4, 0.5) is 0 Å². The normalized spacial score (nSPS) is 11.4. The van der Waals surface area contributed by atoms with Crippen molar-refractivity contribution in [1.82, 2.24) is 0 Å². The van der Waals surface area contributed by atoms with Crippen LogP contribution >= 0.6 is 23.7 Å². The maximum atomic E-state index is 11.6. The van der Waals surface area contributed by atoms with E-state index in [-0.39, 0.29) is 0 Å². The number of hydrogen-bond acceptors (Lipinski definition) is 1. The van der Waals surface area contributed by atoms with Gasteiger partial charge >= 0.3 is 7.80 Å². The highest BCUT2D eigenvalue weighted by atomic mass is 79.9. The Balaban J connectivity index is 2.09. The summed E-state index contributed by atoms with van der Waals surface area (Å²) in [5, 5.41) is 1.03. The first kappa shape index (κ1) is 13.9. The lowest BCUT2D eigenvalue weighted by molar-refractivity contribution is 0.584. The number of halogens is 1. The number of rotatable bonds is 8. The standard InChI is InChI=1S/C13H19BrOP/c14-10-4-5-11-16(15)12-6-9-13-7-2-1-3-8-13/h1-3,7-8H,4-6,9-12H2/q+1. The summed E-state index contributed by atoms with van der Waals surface area (Å²) in [5.41, 5.74) is 1.35. The van der Waals surface area contributed by atoms with Crippen molar-refractivity contribution >= 4 is 23.7 Å². The Morgan fingerprint density at radius 3 is 2.38 bits per heavy atom. The molecule has 1 aromatic rings. The van der Waals surface area contributed by atoms with E-state index in [1.807, 2.05) is 6.07 Å². The Labute approximate surface area is 108 Å². The van der Waals surface area contributed by atoms with Crippen molar-refractivity contribution in [3.05, 3.63) is 35.9 Å². The average molecular weight is 302 g/mol. The van der Waals surface area contributed by atoms with Gasteiger partial charge in [-0.1, -0.05) is 50.8 Å². The molecule has 3 heteroatoms. The summed E-state index contributed by atoms with van der Waals surface area (Å²) >= 11 is 3.39. The lowest BCUT2D eigenvalue weighted by Gasteiger charge is -1.96. The third-order valence-electron chi connectivity index (χ3n) is 2.51. The monoisotopic (exact) mass is 301 g/mol. The molecule has 88 valence electrons. The molecule has 16 heavy (non-hydrogen) atoms. The minimum Gasteiger partial charge on any atom is -0.0928 e. The van der Waals surface area contributed by atoms with E-state index < -0.39 is 7.80 Å². The zero-order valence-corrected chi connectivity index (χ0v) is 12.1. The molecular weight excluding hydrogens is 283 g/mol. The number of benzene rings is 1. The first-order chi connectivity index (χ1) is 7.83. The van der Waals surface area contributed by atoms with Crippen LogP contribution in [0.25, 0.3) is 0 Å².